The quantitative estimate of drug-likeness (QED) is 0.711. The van der Waals surface area contributed by atoms with E-state index in [1.165, 1.54) is 23.1 Å². The number of hydrogen-bond donors (Lipinski definition) is 0. The van der Waals surface area contributed by atoms with E-state index in [0.717, 1.165) is 0 Å². The normalized spacial score (nSPS) is 27.6. The molecule has 2 aromatic rings. The van der Waals surface area contributed by atoms with Crippen LogP contribution in [0, 0.1) is 5.41 Å². The van der Waals surface area contributed by atoms with Crippen LogP contribution in [0.2, 0.25) is 0 Å². The van der Waals surface area contributed by atoms with Crippen LogP contribution in [-0.4, -0.2) is 0 Å². The predicted molar refractivity (Wildman–Crippen MR) is 79.8 cm³/mol. The molecule has 1 fully saturated rings. The van der Waals surface area contributed by atoms with Gasteiger partial charge in [0.15, 0.2) is 0 Å². The maximum Gasteiger partial charge on any atom is 0.0149 e. The molecule has 0 bridgehead atoms. The molecule has 0 nitrogen and oxygen atoms in total. The Balaban J connectivity index is 1.64. The molecule has 0 amide bonds. The highest BCUT2D eigenvalue weighted by atomic mass is 14.5. The van der Waals surface area contributed by atoms with E-state index in [0.29, 0.717) is 11.3 Å². The van der Waals surface area contributed by atoms with Crippen LogP contribution in [0.4, 0.5) is 0 Å². The highest BCUT2D eigenvalue weighted by Crippen LogP contribution is 2.64. The van der Waals surface area contributed by atoms with Gasteiger partial charge in [-0.3, -0.25) is 0 Å². The summed E-state index contributed by atoms with van der Waals surface area (Å²) >= 11 is 0. The van der Waals surface area contributed by atoms with E-state index in [1.54, 1.807) is 0 Å². The molecular weight excluding hydrogens is 228 g/mol. The Morgan fingerprint density at radius 3 is 2.26 bits per heavy atom. The van der Waals surface area contributed by atoms with Gasteiger partial charge in [0.1, 0.15) is 0 Å². The van der Waals surface area contributed by atoms with Crippen molar-refractivity contribution in [3.8, 4) is 0 Å². The van der Waals surface area contributed by atoms with Gasteiger partial charge in [0, 0.05) is 5.41 Å². The van der Waals surface area contributed by atoms with Crippen LogP contribution >= 0.6 is 0 Å². The van der Waals surface area contributed by atoms with E-state index in [2.05, 4.69) is 78.9 Å². The lowest BCUT2D eigenvalue weighted by Gasteiger charge is -2.04. The molecule has 2 aromatic carbocycles. The summed E-state index contributed by atoms with van der Waals surface area (Å²) in [6, 6.07) is 21.5. The number of rotatable bonds is 2. The summed E-state index contributed by atoms with van der Waals surface area (Å²) in [5, 5.41) is 0. The minimum absolute atomic E-state index is 0.298. The molecule has 0 saturated heterocycles. The van der Waals surface area contributed by atoms with E-state index >= 15 is 0 Å². The monoisotopic (exact) mass is 244 g/mol. The maximum atomic E-state index is 2.46. The fourth-order valence-corrected chi connectivity index (χ4v) is 3.19. The first kappa shape index (κ1) is 10.8. The SMILES string of the molecule is C1=CC2(C=C1c1ccccc1)CC2c1ccccc1. The van der Waals surface area contributed by atoms with Gasteiger partial charge in [-0.25, -0.2) is 0 Å². The van der Waals surface area contributed by atoms with E-state index in [-0.39, 0.29) is 0 Å². The van der Waals surface area contributed by atoms with Crippen LogP contribution < -0.4 is 0 Å². The van der Waals surface area contributed by atoms with Crippen molar-refractivity contribution in [2.75, 3.05) is 0 Å². The summed E-state index contributed by atoms with van der Waals surface area (Å²) in [6.07, 6.45) is 8.40. The zero-order chi connectivity index (χ0) is 12.7. The summed E-state index contributed by atoms with van der Waals surface area (Å²) in [4.78, 5) is 0. The molecule has 2 unspecified atom stereocenters. The predicted octanol–water partition coefficient (Wildman–Crippen LogP) is 4.81. The summed E-state index contributed by atoms with van der Waals surface area (Å²) < 4.78 is 0. The largest absolute Gasteiger partial charge is 0.0733 e. The van der Waals surface area contributed by atoms with Gasteiger partial charge in [0.05, 0.1) is 0 Å². The first-order valence-corrected chi connectivity index (χ1v) is 6.90. The molecule has 0 radical (unpaired) electrons. The second-order valence-electron chi connectivity index (χ2n) is 5.58. The molecule has 2 aliphatic carbocycles. The zero-order valence-corrected chi connectivity index (χ0v) is 10.8. The second kappa shape index (κ2) is 3.96. The zero-order valence-electron chi connectivity index (χ0n) is 10.8. The molecule has 4 rings (SSSR count). The smallest absolute Gasteiger partial charge is 0.0149 e. The Bertz CT molecular complexity index is 649. The first-order valence-electron chi connectivity index (χ1n) is 6.90. The molecule has 0 heterocycles. The lowest BCUT2D eigenvalue weighted by Crippen LogP contribution is -1.92. The van der Waals surface area contributed by atoms with Gasteiger partial charge in [-0.1, -0.05) is 78.9 Å². The molecule has 1 saturated carbocycles. The minimum Gasteiger partial charge on any atom is -0.0733 e. The average Bonchev–Trinajstić information content (AvgIpc) is 3.01. The third-order valence-corrected chi connectivity index (χ3v) is 4.35. The Morgan fingerprint density at radius 1 is 0.842 bits per heavy atom. The van der Waals surface area contributed by atoms with Crippen LogP contribution in [0.3, 0.4) is 0 Å². The molecule has 2 atom stereocenters. The molecule has 2 aliphatic rings. The van der Waals surface area contributed by atoms with Crippen molar-refractivity contribution in [2.45, 2.75) is 12.3 Å². The van der Waals surface area contributed by atoms with Crippen LogP contribution in [-0.2, 0) is 0 Å². The lowest BCUT2D eigenvalue weighted by atomic mass is 9.99. The lowest BCUT2D eigenvalue weighted by molar-refractivity contribution is 0.820. The Morgan fingerprint density at radius 2 is 1.53 bits per heavy atom. The van der Waals surface area contributed by atoms with Gasteiger partial charge in [-0.15, -0.1) is 0 Å². The van der Waals surface area contributed by atoms with E-state index < -0.39 is 0 Å². The van der Waals surface area contributed by atoms with E-state index in [1.807, 2.05) is 0 Å². The molecule has 0 aromatic heterocycles. The van der Waals surface area contributed by atoms with Crippen molar-refractivity contribution >= 4 is 5.57 Å². The minimum atomic E-state index is 0.298. The van der Waals surface area contributed by atoms with Crippen LogP contribution in [0.5, 0.6) is 0 Å². The summed E-state index contributed by atoms with van der Waals surface area (Å²) in [6.45, 7) is 0. The van der Waals surface area contributed by atoms with Gasteiger partial charge in [-0.05, 0) is 29.0 Å². The standard InChI is InChI=1S/C19H16/c1-3-7-15(8-4-1)17-11-12-19(13-17)14-18(19)16-9-5-2-6-10-16/h1-13,18H,14H2. The summed E-state index contributed by atoms with van der Waals surface area (Å²) in [5.74, 6) is 0.672. The third kappa shape index (κ3) is 1.76. The van der Waals surface area contributed by atoms with Gasteiger partial charge in [0.2, 0.25) is 0 Å². The van der Waals surface area contributed by atoms with E-state index in [9.17, 15) is 0 Å². The fourth-order valence-electron chi connectivity index (χ4n) is 3.19. The molecule has 92 valence electrons. The molecule has 0 heteroatoms. The third-order valence-electron chi connectivity index (χ3n) is 4.35. The van der Waals surface area contributed by atoms with Gasteiger partial charge in [-0.2, -0.15) is 0 Å². The fraction of sp³-hybridized carbons (Fsp3) is 0.158. The molecule has 0 aliphatic heterocycles. The van der Waals surface area contributed by atoms with Crippen molar-refractivity contribution in [1.29, 1.82) is 0 Å². The van der Waals surface area contributed by atoms with Crippen LogP contribution in [0.15, 0.2) is 78.9 Å². The Hall–Kier alpha value is -2.08. The highest BCUT2D eigenvalue weighted by Gasteiger charge is 2.52. The van der Waals surface area contributed by atoms with Crippen molar-refractivity contribution < 1.29 is 0 Å². The molecule has 19 heavy (non-hydrogen) atoms. The number of benzene rings is 2. The van der Waals surface area contributed by atoms with Crippen LogP contribution in [0.1, 0.15) is 23.5 Å². The van der Waals surface area contributed by atoms with Gasteiger partial charge >= 0.3 is 0 Å². The van der Waals surface area contributed by atoms with Crippen molar-refractivity contribution in [2.24, 2.45) is 5.41 Å². The topological polar surface area (TPSA) is 0 Å². The van der Waals surface area contributed by atoms with Crippen molar-refractivity contribution in [3.63, 3.8) is 0 Å². The van der Waals surface area contributed by atoms with Crippen molar-refractivity contribution in [3.05, 3.63) is 90.0 Å². The Labute approximate surface area is 114 Å². The number of hydrogen-bond acceptors (Lipinski definition) is 0. The molecule has 1 spiro atoms. The first-order chi connectivity index (χ1) is 9.37. The number of allylic oxidation sites excluding steroid dienone is 4. The van der Waals surface area contributed by atoms with Gasteiger partial charge in [0.25, 0.3) is 0 Å². The average molecular weight is 244 g/mol. The molecule has 0 N–H and O–H groups in total. The second-order valence-corrected chi connectivity index (χ2v) is 5.58. The maximum absolute atomic E-state index is 2.46. The molecular formula is C19H16. The summed E-state index contributed by atoms with van der Waals surface area (Å²) in [7, 11) is 0. The van der Waals surface area contributed by atoms with Crippen molar-refractivity contribution in [1.82, 2.24) is 0 Å². The van der Waals surface area contributed by atoms with E-state index in [4.69, 9.17) is 0 Å². The Kier molecular flexibility index (Phi) is 2.25. The van der Waals surface area contributed by atoms with Gasteiger partial charge < -0.3 is 0 Å². The van der Waals surface area contributed by atoms with Crippen LogP contribution in [0.25, 0.3) is 5.57 Å². The summed E-state index contributed by atoms with van der Waals surface area (Å²) in [5.41, 5.74) is 4.47. The highest BCUT2D eigenvalue weighted by molar-refractivity contribution is 5.79.